The Hall–Kier alpha value is -3.46. The molecule has 0 atom stereocenters. The Kier molecular flexibility index (Phi) is 7.65. The summed E-state index contributed by atoms with van der Waals surface area (Å²) in [6.45, 7) is 2.89. The van der Waals surface area contributed by atoms with Crippen molar-refractivity contribution in [3.8, 4) is 10.4 Å². The van der Waals surface area contributed by atoms with Crippen molar-refractivity contribution in [2.24, 2.45) is 24.8 Å². The summed E-state index contributed by atoms with van der Waals surface area (Å²) in [5.74, 6) is 0.562. The number of hydrogen-bond acceptors (Lipinski definition) is 6. The van der Waals surface area contributed by atoms with Gasteiger partial charge >= 0.3 is 5.97 Å². The Bertz CT molecular complexity index is 1320. The van der Waals surface area contributed by atoms with Crippen LogP contribution < -0.4 is 10.2 Å². The summed E-state index contributed by atoms with van der Waals surface area (Å²) in [5, 5.41) is 6.99. The SMILES string of the molecule is COC(=O)c1sc(-c2ccc(NC(=O)c3ccn(C)n3)cc2)cc1N(CC1CC1)C(=O)[C@H]1CC[C@H](C)CC1. The van der Waals surface area contributed by atoms with Gasteiger partial charge in [-0.15, -0.1) is 11.3 Å². The number of carbonyl (C=O) groups excluding carboxylic acids is 3. The van der Waals surface area contributed by atoms with Crippen LogP contribution >= 0.6 is 11.3 Å². The maximum atomic E-state index is 13.8. The highest BCUT2D eigenvalue weighted by Gasteiger charge is 2.35. The molecule has 9 heteroatoms. The van der Waals surface area contributed by atoms with Crippen LogP contribution in [-0.4, -0.2) is 41.2 Å². The molecule has 0 aliphatic heterocycles. The molecule has 2 aromatic heterocycles. The van der Waals surface area contributed by atoms with Crippen LogP contribution in [0, 0.1) is 17.8 Å². The lowest BCUT2D eigenvalue weighted by Crippen LogP contribution is -2.39. The third kappa shape index (κ3) is 5.83. The summed E-state index contributed by atoms with van der Waals surface area (Å²) in [7, 11) is 3.14. The number of rotatable bonds is 8. The van der Waals surface area contributed by atoms with Gasteiger partial charge in [-0.1, -0.05) is 19.1 Å². The van der Waals surface area contributed by atoms with Crippen LogP contribution in [0.4, 0.5) is 11.4 Å². The highest BCUT2D eigenvalue weighted by atomic mass is 32.1. The Morgan fingerprint density at radius 1 is 1.08 bits per heavy atom. The van der Waals surface area contributed by atoms with Crippen molar-refractivity contribution in [1.29, 1.82) is 0 Å². The molecule has 38 heavy (non-hydrogen) atoms. The second kappa shape index (κ2) is 11.1. The molecule has 2 saturated carbocycles. The van der Waals surface area contributed by atoms with Gasteiger partial charge in [-0.3, -0.25) is 14.3 Å². The molecule has 0 spiro atoms. The van der Waals surface area contributed by atoms with Crippen molar-refractivity contribution in [2.45, 2.75) is 45.4 Å². The second-order valence-electron chi connectivity index (χ2n) is 10.6. The highest BCUT2D eigenvalue weighted by Crippen LogP contribution is 2.41. The van der Waals surface area contributed by atoms with Gasteiger partial charge in [0, 0.05) is 36.3 Å². The van der Waals surface area contributed by atoms with Crippen molar-refractivity contribution < 1.29 is 19.1 Å². The van der Waals surface area contributed by atoms with Crippen molar-refractivity contribution in [3.63, 3.8) is 0 Å². The molecule has 1 aromatic carbocycles. The van der Waals surface area contributed by atoms with E-state index in [1.807, 2.05) is 35.2 Å². The number of amides is 2. The van der Waals surface area contributed by atoms with E-state index in [1.165, 1.54) is 18.4 Å². The summed E-state index contributed by atoms with van der Waals surface area (Å²) in [6.07, 6.45) is 7.88. The number of carbonyl (C=O) groups is 3. The lowest BCUT2D eigenvalue weighted by atomic mass is 9.82. The average molecular weight is 535 g/mol. The lowest BCUT2D eigenvalue weighted by Gasteiger charge is -2.31. The quantitative estimate of drug-likeness (QED) is 0.371. The first-order valence-corrected chi connectivity index (χ1v) is 14.1. The molecule has 0 radical (unpaired) electrons. The number of nitrogens with one attached hydrogen (secondary N) is 1. The summed E-state index contributed by atoms with van der Waals surface area (Å²) in [6, 6.07) is 11.1. The van der Waals surface area contributed by atoms with Crippen LogP contribution in [0.25, 0.3) is 10.4 Å². The number of anilines is 2. The molecule has 2 fully saturated rings. The first-order chi connectivity index (χ1) is 18.3. The number of aromatic nitrogens is 2. The molecule has 0 unspecified atom stereocenters. The van der Waals surface area contributed by atoms with Crippen molar-refractivity contribution in [1.82, 2.24) is 9.78 Å². The van der Waals surface area contributed by atoms with Crippen molar-refractivity contribution in [3.05, 3.63) is 53.2 Å². The first-order valence-electron chi connectivity index (χ1n) is 13.3. The molecule has 3 aromatic rings. The standard InChI is InChI=1S/C29H34N4O4S/c1-18-4-8-21(9-5-18)28(35)33(17-19-6-7-19)24-16-25(38-26(24)29(36)37-3)20-10-12-22(13-11-20)30-27(34)23-14-15-32(2)31-23/h10-16,18-19,21H,4-9,17H2,1-3H3,(H,30,34)/t18-,21-. The van der Waals surface area contributed by atoms with E-state index in [1.54, 1.807) is 24.0 Å². The van der Waals surface area contributed by atoms with E-state index in [9.17, 15) is 14.4 Å². The molecule has 2 heterocycles. The number of thiophene rings is 1. The number of benzene rings is 1. The predicted octanol–water partition coefficient (Wildman–Crippen LogP) is 5.76. The number of ether oxygens (including phenoxy) is 1. The molecular weight excluding hydrogens is 500 g/mol. The van der Waals surface area contributed by atoms with Crippen LogP contribution in [0.15, 0.2) is 42.6 Å². The number of hydrogen-bond donors (Lipinski definition) is 1. The molecule has 2 amide bonds. The third-order valence-corrected chi connectivity index (χ3v) is 8.67. The topological polar surface area (TPSA) is 93.5 Å². The summed E-state index contributed by atoms with van der Waals surface area (Å²) in [5.41, 5.74) is 2.54. The number of methoxy groups -OCH3 is 1. The van der Waals surface area contributed by atoms with E-state index in [0.717, 1.165) is 49.0 Å². The lowest BCUT2D eigenvalue weighted by molar-refractivity contribution is -0.123. The van der Waals surface area contributed by atoms with Crippen LogP contribution in [0.5, 0.6) is 0 Å². The van der Waals surface area contributed by atoms with Gasteiger partial charge < -0.3 is 15.0 Å². The summed E-state index contributed by atoms with van der Waals surface area (Å²) >= 11 is 1.34. The number of aryl methyl sites for hydroxylation is 1. The zero-order valence-electron chi connectivity index (χ0n) is 22.1. The van der Waals surface area contributed by atoms with Gasteiger partial charge in [0.15, 0.2) is 5.69 Å². The Labute approximate surface area is 227 Å². The maximum Gasteiger partial charge on any atom is 0.350 e. The molecule has 200 valence electrons. The normalized spacial score (nSPS) is 19.1. The van der Waals surface area contributed by atoms with E-state index in [2.05, 4.69) is 17.3 Å². The van der Waals surface area contributed by atoms with Gasteiger partial charge in [0.05, 0.1) is 12.8 Å². The third-order valence-electron chi connectivity index (χ3n) is 7.52. The Morgan fingerprint density at radius 3 is 2.39 bits per heavy atom. The number of nitrogens with zero attached hydrogens (tertiary/aromatic N) is 3. The van der Waals surface area contributed by atoms with Gasteiger partial charge in [0.1, 0.15) is 4.88 Å². The molecule has 0 bridgehead atoms. The average Bonchev–Trinajstić information content (AvgIpc) is 3.46. The van der Waals surface area contributed by atoms with E-state index in [-0.39, 0.29) is 17.7 Å². The molecule has 1 N–H and O–H groups in total. The van der Waals surface area contributed by atoms with Crippen LogP contribution in [0.3, 0.4) is 0 Å². The van der Waals surface area contributed by atoms with Gasteiger partial charge in [-0.2, -0.15) is 5.10 Å². The monoisotopic (exact) mass is 534 g/mol. The zero-order chi connectivity index (χ0) is 26.8. The van der Waals surface area contributed by atoms with E-state index < -0.39 is 5.97 Å². The largest absolute Gasteiger partial charge is 0.465 e. The van der Waals surface area contributed by atoms with Crippen LogP contribution in [0.2, 0.25) is 0 Å². The first kappa shape index (κ1) is 26.2. The zero-order valence-corrected chi connectivity index (χ0v) is 22.9. The number of esters is 1. The van der Waals surface area contributed by atoms with Crippen molar-refractivity contribution >= 4 is 40.5 Å². The Morgan fingerprint density at radius 2 is 1.79 bits per heavy atom. The van der Waals surface area contributed by atoms with Gasteiger partial charge in [0.2, 0.25) is 5.91 Å². The van der Waals surface area contributed by atoms with Crippen molar-refractivity contribution in [2.75, 3.05) is 23.9 Å². The summed E-state index contributed by atoms with van der Waals surface area (Å²) < 4.78 is 6.70. The van der Waals surface area contributed by atoms with E-state index in [4.69, 9.17) is 4.74 Å². The van der Waals surface area contributed by atoms with Crippen LogP contribution in [0.1, 0.15) is 65.6 Å². The fourth-order valence-corrected chi connectivity index (χ4v) is 6.09. The smallest absolute Gasteiger partial charge is 0.350 e. The minimum absolute atomic E-state index is 0.000737. The fraction of sp³-hybridized carbons (Fsp3) is 0.448. The predicted molar refractivity (Wildman–Crippen MR) is 148 cm³/mol. The highest BCUT2D eigenvalue weighted by molar-refractivity contribution is 7.18. The maximum absolute atomic E-state index is 13.8. The minimum Gasteiger partial charge on any atom is -0.465 e. The minimum atomic E-state index is -0.429. The molecule has 0 saturated heterocycles. The molecule has 2 aliphatic rings. The molecule has 8 nitrogen and oxygen atoms in total. The molecular formula is C29H34N4O4S. The van der Waals surface area contributed by atoms with Gasteiger partial charge in [0.25, 0.3) is 5.91 Å². The summed E-state index contributed by atoms with van der Waals surface area (Å²) in [4.78, 5) is 42.2. The fourth-order valence-electron chi connectivity index (χ4n) is 5.01. The second-order valence-corrected chi connectivity index (χ2v) is 11.6. The van der Waals surface area contributed by atoms with E-state index >= 15 is 0 Å². The molecule has 2 aliphatic carbocycles. The van der Waals surface area contributed by atoms with Gasteiger partial charge in [-0.05, 0) is 80.2 Å². The Balaban J connectivity index is 1.40. The van der Waals surface area contributed by atoms with E-state index in [0.29, 0.717) is 40.3 Å². The van der Waals surface area contributed by atoms with Crippen LogP contribution in [-0.2, 0) is 16.6 Å². The molecule has 5 rings (SSSR count). The van der Waals surface area contributed by atoms with Gasteiger partial charge in [-0.25, -0.2) is 4.79 Å².